The van der Waals surface area contributed by atoms with Crippen LogP contribution in [0.1, 0.15) is 17.1 Å². The molecule has 0 bridgehead atoms. The number of hydrogen-bond donors (Lipinski definition) is 1. The first-order valence-electron chi connectivity index (χ1n) is 5.41. The molecule has 4 heteroatoms. The second kappa shape index (κ2) is 4.59. The van der Waals surface area contributed by atoms with E-state index in [0.29, 0.717) is 17.9 Å². The summed E-state index contributed by atoms with van der Waals surface area (Å²) in [6, 6.07) is 4.99. The maximum atomic E-state index is 13.9. The molecule has 0 saturated heterocycles. The van der Waals surface area contributed by atoms with Crippen molar-refractivity contribution in [2.45, 2.75) is 20.4 Å². The Morgan fingerprint density at radius 1 is 1.24 bits per heavy atom. The summed E-state index contributed by atoms with van der Waals surface area (Å²) < 4.78 is 13.9. The molecule has 0 spiro atoms. The van der Waals surface area contributed by atoms with Gasteiger partial charge in [-0.1, -0.05) is 12.1 Å². The van der Waals surface area contributed by atoms with E-state index in [1.807, 2.05) is 19.9 Å². The van der Waals surface area contributed by atoms with E-state index in [-0.39, 0.29) is 5.82 Å². The lowest BCUT2D eigenvalue weighted by Crippen LogP contribution is -1.99. The van der Waals surface area contributed by atoms with Gasteiger partial charge in [0.15, 0.2) is 0 Å². The van der Waals surface area contributed by atoms with E-state index in [1.165, 1.54) is 6.07 Å². The van der Waals surface area contributed by atoms with Gasteiger partial charge in [0.05, 0.1) is 0 Å². The molecule has 0 fully saturated rings. The van der Waals surface area contributed by atoms with Gasteiger partial charge in [0, 0.05) is 29.6 Å². The van der Waals surface area contributed by atoms with Gasteiger partial charge in [0.25, 0.3) is 0 Å². The number of hydrogen-bond acceptors (Lipinski definition) is 3. The molecule has 88 valence electrons. The zero-order valence-corrected chi connectivity index (χ0v) is 9.87. The van der Waals surface area contributed by atoms with Gasteiger partial charge in [0.1, 0.15) is 11.6 Å². The fraction of sp³-hybridized carbons (Fsp3) is 0.231. The predicted octanol–water partition coefficient (Wildman–Crippen LogP) is 2.36. The maximum Gasteiger partial charge on any atom is 0.131 e. The lowest BCUT2D eigenvalue weighted by Gasteiger charge is -2.08. The Labute approximate surface area is 99.5 Å². The number of nitrogens with zero attached hydrogens (tertiary/aromatic N) is 2. The minimum absolute atomic E-state index is 0.288. The third-order valence-electron chi connectivity index (χ3n) is 2.66. The molecule has 0 saturated carbocycles. The first kappa shape index (κ1) is 11.7. The fourth-order valence-electron chi connectivity index (χ4n) is 1.75. The Morgan fingerprint density at radius 3 is 2.59 bits per heavy atom. The maximum absolute atomic E-state index is 13.9. The van der Waals surface area contributed by atoms with Crippen LogP contribution in [0.15, 0.2) is 24.4 Å². The van der Waals surface area contributed by atoms with Crippen molar-refractivity contribution < 1.29 is 4.39 Å². The number of aromatic nitrogens is 2. The van der Waals surface area contributed by atoms with Crippen molar-refractivity contribution in [1.82, 2.24) is 9.97 Å². The lowest BCUT2D eigenvalue weighted by atomic mass is 10.0. The van der Waals surface area contributed by atoms with Crippen molar-refractivity contribution in [2.75, 3.05) is 0 Å². The molecule has 2 N–H and O–H groups in total. The molecule has 0 aliphatic heterocycles. The number of nitrogens with two attached hydrogens (primary N) is 1. The average Bonchev–Trinajstić information content (AvgIpc) is 2.30. The number of halogens is 1. The van der Waals surface area contributed by atoms with Crippen LogP contribution in [-0.4, -0.2) is 9.97 Å². The molecule has 2 aromatic rings. The van der Waals surface area contributed by atoms with Gasteiger partial charge in [0.2, 0.25) is 0 Å². The van der Waals surface area contributed by atoms with Gasteiger partial charge in [-0.05, 0) is 25.5 Å². The molecule has 1 aromatic carbocycles. The third-order valence-corrected chi connectivity index (χ3v) is 2.66. The SMILES string of the molecule is Cc1ncc(-c2ccc(CN)cc2F)c(C)n1. The smallest absolute Gasteiger partial charge is 0.131 e. The highest BCUT2D eigenvalue weighted by Crippen LogP contribution is 2.25. The van der Waals surface area contributed by atoms with E-state index in [4.69, 9.17) is 5.73 Å². The molecule has 0 aliphatic carbocycles. The standard InChI is InChI=1S/C13H14FN3/c1-8-12(7-16-9(2)17-8)11-4-3-10(6-15)5-13(11)14/h3-5,7H,6,15H2,1-2H3. The van der Waals surface area contributed by atoms with Crippen LogP contribution in [0.5, 0.6) is 0 Å². The largest absolute Gasteiger partial charge is 0.326 e. The van der Waals surface area contributed by atoms with E-state index < -0.39 is 0 Å². The van der Waals surface area contributed by atoms with Crippen molar-refractivity contribution in [3.05, 3.63) is 47.3 Å². The van der Waals surface area contributed by atoms with Crippen LogP contribution >= 0.6 is 0 Å². The van der Waals surface area contributed by atoms with Crippen molar-refractivity contribution in [1.29, 1.82) is 0 Å². The zero-order chi connectivity index (χ0) is 12.4. The highest BCUT2D eigenvalue weighted by Gasteiger charge is 2.09. The van der Waals surface area contributed by atoms with E-state index in [2.05, 4.69) is 9.97 Å². The van der Waals surface area contributed by atoms with Crippen LogP contribution in [0.4, 0.5) is 4.39 Å². The average molecular weight is 231 g/mol. The fourth-order valence-corrected chi connectivity index (χ4v) is 1.75. The summed E-state index contributed by atoms with van der Waals surface area (Å²) >= 11 is 0. The van der Waals surface area contributed by atoms with Gasteiger partial charge in [-0.3, -0.25) is 0 Å². The van der Waals surface area contributed by atoms with Gasteiger partial charge >= 0.3 is 0 Å². The van der Waals surface area contributed by atoms with Gasteiger partial charge in [-0.2, -0.15) is 0 Å². The van der Waals surface area contributed by atoms with Crippen LogP contribution in [0, 0.1) is 19.7 Å². The summed E-state index contributed by atoms with van der Waals surface area (Å²) in [7, 11) is 0. The predicted molar refractivity (Wildman–Crippen MR) is 64.8 cm³/mol. The van der Waals surface area contributed by atoms with E-state index >= 15 is 0 Å². The van der Waals surface area contributed by atoms with Crippen molar-refractivity contribution in [3.8, 4) is 11.1 Å². The van der Waals surface area contributed by atoms with Crippen LogP contribution < -0.4 is 5.73 Å². The Morgan fingerprint density at radius 2 is 2.00 bits per heavy atom. The van der Waals surface area contributed by atoms with Crippen LogP contribution in [0.25, 0.3) is 11.1 Å². The molecule has 0 radical (unpaired) electrons. The molecule has 2 rings (SSSR count). The van der Waals surface area contributed by atoms with E-state index in [0.717, 1.165) is 16.8 Å². The summed E-state index contributed by atoms with van der Waals surface area (Å²) in [4.78, 5) is 8.33. The topological polar surface area (TPSA) is 51.8 Å². The molecular formula is C13H14FN3. The number of benzene rings is 1. The minimum Gasteiger partial charge on any atom is -0.326 e. The van der Waals surface area contributed by atoms with Gasteiger partial charge < -0.3 is 5.73 Å². The summed E-state index contributed by atoms with van der Waals surface area (Å²) in [6.07, 6.45) is 1.65. The van der Waals surface area contributed by atoms with Crippen LogP contribution in [0.3, 0.4) is 0 Å². The molecule has 0 aliphatic rings. The first-order chi connectivity index (χ1) is 8.11. The third kappa shape index (κ3) is 2.31. The normalized spacial score (nSPS) is 10.6. The van der Waals surface area contributed by atoms with Crippen LogP contribution in [-0.2, 0) is 6.54 Å². The van der Waals surface area contributed by atoms with Crippen LogP contribution in [0.2, 0.25) is 0 Å². The number of rotatable bonds is 2. The highest BCUT2D eigenvalue weighted by atomic mass is 19.1. The van der Waals surface area contributed by atoms with Crippen molar-refractivity contribution in [3.63, 3.8) is 0 Å². The quantitative estimate of drug-likeness (QED) is 0.863. The molecule has 0 atom stereocenters. The summed E-state index contributed by atoms with van der Waals surface area (Å²) in [5, 5.41) is 0. The Hall–Kier alpha value is -1.81. The van der Waals surface area contributed by atoms with E-state index in [1.54, 1.807) is 12.3 Å². The second-order valence-electron chi connectivity index (χ2n) is 3.93. The number of aryl methyl sites for hydroxylation is 2. The molecule has 1 aromatic heterocycles. The highest BCUT2D eigenvalue weighted by molar-refractivity contribution is 5.65. The van der Waals surface area contributed by atoms with Crippen molar-refractivity contribution >= 4 is 0 Å². The minimum atomic E-state index is -0.288. The Balaban J connectivity index is 2.53. The Kier molecular flexibility index (Phi) is 3.15. The van der Waals surface area contributed by atoms with Gasteiger partial charge in [-0.15, -0.1) is 0 Å². The summed E-state index contributed by atoms with van der Waals surface area (Å²) in [5.41, 5.74) is 8.25. The first-order valence-corrected chi connectivity index (χ1v) is 5.41. The Bertz CT molecular complexity index is 552. The molecule has 3 nitrogen and oxygen atoms in total. The summed E-state index contributed by atoms with van der Waals surface area (Å²) in [5.74, 6) is 0.397. The van der Waals surface area contributed by atoms with Gasteiger partial charge in [-0.25, -0.2) is 14.4 Å². The van der Waals surface area contributed by atoms with E-state index in [9.17, 15) is 4.39 Å². The summed E-state index contributed by atoms with van der Waals surface area (Å²) in [6.45, 7) is 3.99. The molecule has 1 heterocycles. The monoisotopic (exact) mass is 231 g/mol. The lowest BCUT2D eigenvalue weighted by molar-refractivity contribution is 0.628. The zero-order valence-electron chi connectivity index (χ0n) is 9.87. The van der Waals surface area contributed by atoms with Crippen molar-refractivity contribution in [2.24, 2.45) is 5.73 Å². The molecular weight excluding hydrogens is 217 g/mol. The molecule has 0 unspecified atom stereocenters. The second-order valence-corrected chi connectivity index (χ2v) is 3.93. The molecule has 0 amide bonds. The molecule has 17 heavy (non-hydrogen) atoms.